The second-order valence-corrected chi connectivity index (χ2v) is 18.6. The van der Waals surface area contributed by atoms with Crippen LogP contribution in [0.15, 0.2) is 146 Å². The molecule has 0 aromatic heterocycles. The van der Waals surface area contributed by atoms with Gasteiger partial charge in [-0.05, 0) is 150 Å². The summed E-state index contributed by atoms with van der Waals surface area (Å²) in [6.45, 7) is 7.34. The van der Waals surface area contributed by atoms with Crippen molar-refractivity contribution in [2.75, 3.05) is 0 Å². The van der Waals surface area contributed by atoms with Gasteiger partial charge in [-0.2, -0.15) is 52.7 Å². The Labute approximate surface area is 366 Å². The van der Waals surface area contributed by atoms with Crippen molar-refractivity contribution in [3.63, 3.8) is 0 Å². The quantitative estimate of drug-likeness (QED) is 0.106. The minimum absolute atomic E-state index is 0.00616. The van der Waals surface area contributed by atoms with Crippen molar-refractivity contribution >= 4 is 28.7 Å². The lowest BCUT2D eigenvalue weighted by Crippen LogP contribution is -2.41. The molecule has 7 aromatic rings. The molecule has 0 heterocycles. The van der Waals surface area contributed by atoms with Crippen molar-refractivity contribution in [1.82, 2.24) is 4.67 Å². The molecular formula is C50H38F12NOP. The van der Waals surface area contributed by atoms with Crippen LogP contribution >= 0.6 is 7.29 Å². The van der Waals surface area contributed by atoms with E-state index in [2.05, 4.69) is 0 Å². The average molecular weight is 928 g/mol. The number of hydrogen-bond acceptors (Lipinski definition) is 1. The molecule has 15 heteroatoms. The van der Waals surface area contributed by atoms with Crippen molar-refractivity contribution in [2.24, 2.45) is 0 Å². The summed E-state index contributed by atoms with van der Waals surface area (Å²) in [5, 5.41) is 0.364. The lowest BCUT2D eigenvalue weighted by atomic mass is 9.78. The highest BCUT2D eigenvalue weighted by Crippen LogP contribution is 2.57. The van der Waals surface area contributed by atoms with Crippen molar-refractivity contribution in [3.05, 3.63) is 168 Å². The summed E-state index contributed by atoms with van der Waals surface area (Å²) < 4.78 is 189. The monoisotopic (exact) mass is 927 g/mol. The predicted octanol–water partition coefficient (Wildman–Crippen LogP) is 15.9. The highest BCUT2D eigenvalue weighted by atomic mass is 31.2. The largest absolute Gasteiger partial charge is 0.416 e. The molecule has 0 aliphatic carbocycles. The molecule has 1 atom stereocenters. The number of rotatable bonds is 9. The van der Waals surface area contributed by atoms with Crippen LogP contribution in [-0.2, 0) is 29.3 Å². The average Bonchev–Trinajstić information content (AvgIpc) is 3.24. The fourth-order valence-electron chi connectivity index (χ4n) is 8.52. The van der Waals surface area contributed by atoms with Gasteiger partial charge in [0.15, 0.2) is 0 Å². The molecule has 0 radical (unpaired) electrons. The predicted molar refractivity (Wildman–Crippen MR) is 231 cm³/mol. The molecule has 0 bridgehead atoms. The summed E-state index contributed by atoms with van der Waals surface area (Å²) in [6.07, 6.45) is -19.5. The molecule has 65 heavy (non-hydrogen) atoms. The molecule has 0 fully saturated rings. The Hall–Kier alpha value is -5.85. The molecule has 1 unspecified atom stereocenters. The molecule has 0 aliphatic rings. The Morgan fingerprint density at radius 2 is 0.769 bits per heavy atom. The highest BCUT2D eigenvalue weighted by molar-refractivity contribution is 7.76. The van der Waals surface area contributed by atoms with Crippen LogP contribution in [-0.4, -0.2) is 16.8 Å². The minimum atomic E-state index is -4.98. The van der Waals surface area contributed by atoms with Gasteiger partial charge in [-0.25, -0.2) is 4.67 Å². The van der Waals surface area contributed by atoms with Gasteiger partial charge in [-0.3, -0.25) is 4.57 Å². The summed E-state index contributed by atoms with van der Waals surface area (Å²) in [5.74, 6) is 0. The normalized spacial score (nSPS) is 13.8. The Kier molecular flexibility index (Phi) is 12.5. The van der Waals surface area contributed by atoms with Gasteiger partial charge in [0.25, 0.3) is 0 Å². The van der Waals surface area contributed by atoms with E-state index in [-0.39, 0.29) is 72.7 Å². The summed E-state index contributed by atoms with van der Waals surface area (Å²) >= 11 is 0. The fraction of sp³-hybridized carbons (Fsp3) is 0.200. The zero-order chi connectivity index (χ0) is 47.4. The van der Waals surface area contributed by atoms with E-state index in [1.165, 1.54) is 0 Å². The van der Waals surface area contributed by atoms with Crippen molar-refractivity contribution in [3.8, 4) is 44.5 Å². The maximum atomic E-state index is 16.5. The van der Waals surface area contributed by atoms with Gasteiger partial charge in [0, 0.05) is 22.7 Å². The number of fused-ring (bicyclic) bond motifs is 1. The zero-order valence-electron chi connectivity index (χ0n) is 34.8. The second-order valence-electron chi connectivity index (χ2n) is 16.0. The molecule has 0 saturated carbocycles. The molecule has 0 amide bonds. The van der Waals surface area contributed by atoms with E-state index in [1.807, 2.05) is 27.7 Å². The highest BCUT2D eigenvalue weighted by Gasteiger charge is 2.41. The van der Waals surface area contributed by atoms with Gasteiger partial charge in [-0.15, -0.1) is 0 Å². The van der Waals surface area contributed by atoms with Crippen molar-refractivity contribution in [2.45, 2.75) is 64.5 Å². The van der Waals surface area contributed by atoms with E-state index in [9.17, 15) is 52.7 Å². The third-order valence-corrected chi connectivity index (χ3v) is 14.7. The molecule has 0 aliphatic heterocycles. The van der Waals surface area contributed by atoms with Crippen LogP contribution in [0.5, 0.6) is 0 Å². The Balaban J connectivity index is 1.78. The van der Waals surface area contributed by atoms with Gasteiger partial charge < -0.3 is 0 Å². The molecule has 0 spiro atoms. The maximum Gasteiger partial charge on any atom is 0.416 e. The van der Waals surface area contributed by atoms with E-state index in [0.717, 1.165) is 78.9 Å². The first kappa shape index (κ1) is 47.1. The molecule has 7 rings (SSSR count). The van der Waals surface area contributed by atoms with Crippen LogP contribution in [0.3, 0.4) is 0 Å². The molecule has 2 nitrogen and oxygen atoms in total. The van der Waals surface area contributed by atoms with E-state index in [1.54, 1.807) is 59.3 Å². The Morgan fingerprint density at radius 1 is 0.400 bits per heavy atom. The standard InChI is InChI=1S/C50H38F12NOP/c1-29(2)63(30(3)4)65(64,38-10-6-5-7-11-38)42-13-9-8-12-40(42)46-39-27-26-37(50(60,61)62)28-41(39)43(31-14-20-34(21-15-31)47(51,52)53)44(32-16-22-35(23-17-32)48(54,55)56)45(46)33-18-24-36(25-19-33)49(57,58)59/h5-30H,1-4H3. The Morgan fingerprint density at radius 3 is 1.18 bits per heavy atom. The fourth-order valence-corrected chi connectivity index (χ4v) is 12.0. The van der Waals surface area contributed by atoms with E-state index < -0.39 is 54.3 Å². The second kappa shape index (κ2) is 17.2. The smallest absolute Gasteiger partial charge is 0.296 e. The maximum absolute atomic E-state index is 16.5. The lowest BCUT2D eigenvalue weighted by molar-refractivity contribution is -0.138. The van der Waals surface area contributed by atoms with Crippen LogP contribution in [0.4, 0.5) is 52.7 Å². The third-order valence-electron chi connectivity index (χ3n) is 11.1. The van der Waals surface area contributed by atoms with E-state index in [4.69, 9.17) is 0 Å². The SMILES string of the molecule is CC(C)N(C(C)C)P(=O)(c1ccccc1)c1ccccc1-c1c(-c2ccc(C(F)(F)F)cc2)c(-c2ccc(C(F)(F)F)cc2)c(-c2ccc(C(F)(F)F)cc2)c2cc(C(F)(F)F)ccc12. The summed E-state index contributed by atoms with van der Waals surface area (Å²) in [7, 11) is -4.04. The van der Waals surface area contributed by atoms with Crippen LogP contribution in [0.1, 0.15) is 49.9 Å². The molecule has 0 N–H and O–H groups in total. The number of benzene rings is 7. The first-order valence-corrected chi connectivity index (χ1v) is 21.8. The van der Waals surface area contributed by atoms with Crippen molar-refractivity contribution < 1.29 is 57.3 Å². The van der Waals surface area contributed by atoms with Gasteiger partial charge in [0.2, 0.25) is 7.29 Å². The molecular weight excluding hydrogens is 890 g/mol. The van der Waals surface area contributed by atoms with E-state index >= 15 is 4.57 Å². The Bertz CT molecular complexity index is 2870. The van der Waals surface area contributed by atoms with Gasteiger partial charge in [0.1, 0.15) is 0 Å². The third kappa shape index (κ3) is 9.07. The topological polar surface area (TPSA) is 20.3 Å². The first-order chi connectivity index (χ1) is 30.3. The van der Waals surface area contributed by atoms with Crippen LogP contribution < -0.4 is 10.6 Å². The number of halogens is 12. The minimum Gasteiger partial charge on any atom is -0.296 e. The first-order valence-electron chi connectivity index (χ1n) is 20.1. The summed E-state index contributed by atoms with van der Waals surface area (Å²) in [5.41, 5.74) is -4.69. The number of nitrogens with zero attached hydrogens (tertiary/aromatic N) is 1. The van der Waals surface area contributed by atoms with Gasteiger partial charge in [-0.1, -0.05) is 78.9 Å². The van der Waals surface area contributed by atoms with Crippen LogP contribution in [0.25, 0.3) is 55.3 Å². The van der Waals surface area contributed by atoms with Gasteiger partial charge in [0.05, 0.1) is 22.3 Å². The molecule has 7 aromatic carbocycles. The zero-order valence-corrected chi connectivity index (χ0v) is 35.7. The molecule has 0 saturated heterocycles. The van der Waals surface area contributed by atoms with Crippen molar-refractivity contribution in [1.29, 1.82) is 0 Å². The number of alkyl halides is 12. The van der Waals surface area contributed by atoms with Gasteiger partial charge >= 0.3 is 24.7 Å². The molecule has 338 valence electrons. The van der Waals surface area contributed by atoms with Crippen LogP contribution in [0.2, 0.25) is 0 Å². The summed E-state index contributed by atoms with van der Waals surface area (Å²) in [4.78, 5) is 0. The lowest BCUT2D eigenvalue weighted by Gasteiger charge is -2.39. The van der Waals surface area contributed by atoms with Crippen LogP contribution in [0, 0.1) is 0 Å². The van der Waals surface area contributed by atoms with E-state index in [0.29, 0.717) is 17.4 Å². The summed E-state index contributed by atoms with van der Waals surface area (Å²) in [6, 6.07) is 27.4. The number of hydrogen-bond donors (Lipinski definition) is 0.